The SMILES string of the molecule is CCCCCC(N)c1cccc(C)c1C. The molecule has 0 fully saturated rings. The van der Waals surface area contributed by atoms with E-state index in [2.05, 4.69) is 39.0 Å². The molecule has 0 aliphatic rings. The smallest absolute Gasteiger partial charge is 0.0297 e. The largest absolute Gasteiger partial charge is 0.324 e. The average molecular weight is 205 g/mol. The maximum Gasteiger partial charge on any atom is 0.0297 e. The van der Waals surface area contributed by atoms with Gasteiger partial charge < -0.3 is 5.73 Å². The van der Waals surface area contributed by atoms with Gasteiger partial charge in [0.05, 0.1) is 0 Å². The van der Waals surface area contributed by atoms with E-state index in [1.807, 2.05) is 0 Å². The van der Waals surface area contributed by atoms with Crippen molar-refractivity contribution < 1.29 is 0 Å². The number of benzene rings is 1. The van der Waals surface area contributed by atoms with Crippen molar-refractivity contribution >= 4 is 0 Å². The minimum Gasteiger partial charge on any atom is -0.324 e. The Morgan fingerprint density at radius 1 is 1.20 bits per heavy atom. The minimum atomic E-state index is 0.219. The first kappa shape index (κ1) is 12.3. The molecule has 0 aromatic heterocycles. The van der Waals surface area contributed by atoms with Crippen LogP contribution in [0.5, 0.6) is 0 Å². The van der Waals surface area contributed by atoms with E-state index in [1.54, 1.807) is 0 Å². The highest BCUT2D eigenvalue weighted by atomic mass is 14.6. The molecule has 1 aromatic rings. The first-order valence-corrected chi connectivity index (χ1v) is 5.98. The monoisotopic (exact) mass is 205 g/mol. The highest BCUT2D eigenvalue weighted by Gasteiger charge is 2.09. The summed E-state index contributed by atoms with van der Waals surface area (Å²) in [5.41, 5.74) is 10.2. The maximum absolute atomic E-state index is 6.21. The van der Waals surface area contributed by atoms with Gasteiger partial charge in [-0.25, -0.2) is 0 Å². The van der Waals surface area contributed by atoms with E-state index in [4.69, 9.17) is 5.73 Å². The van der Waals surface area contributed by atoms with Crippen molar-refractivity contribution in [3.63, 3.8) is 0 Å². The highest BCUT2D eigenvalue weighted by Crippen LogP contribution is 2.22. The lowest BCUT2D eigenvalue weighted by molar-refractivity contribution is 0.579. The fourth-order valence-corrected chi connectivity index (χ4v) is 1.95. The van der Waals surface area contributed by atoms with Crippen LogP contribution in [-0.2, 0) is 0 Å². The third kappa shape index (κ3) is 3.35. The molecule has 84 valence electrons. The van der Waals surface area contributed by atoms with Gasteiger partial charge in [0.15, 0.2) is 0 Å². The van der Waals surface area contributed by atoms with Crippen molar-refractivity contribution in [2.75, 3.05) is 0 Å². The van der Waals surface area contributed by atoms with E-state index in [-0.39, 0.29) is 6.04 Å². The number of nitrogens with two attached hydrogens (primary N) is 1. The second-order valence-corrected chi connectivity index (χ2v) is 4.39. The Balaban J connectivity index is 2.65. The molecule has 0 aliphatic heterocycles. The Labute approximate surface area is 93.7 Å². The first-order chi connectivity index (χ1) is 7.16. The van der Waals surface area contributed by atoms with Crippen molar-refractivity contribution in [1.29, 1.82) is 0 Å². The zero-order valence-electron chi connectivity index (χ0n) is 10.2. The molecule has 2 N–H and O–H groups in total. The van der Waals surface area contributed by atoms with E-state index < -0.39 is 0 Å². The second-order valence-electron chi connectivity index (χ2n) is 4.39. The Hall–Kier alpha value is -0.820. The molecule has 1 atom stereocenters. The predicted molar refractivity (Wildman–Crippen MR) is 67.0 cm³/mol. The number of hydrogen-bond acceptors (Lipinski definition) is 1. The van der Waals surface area contributed by atoms with Crippen molar-refractivity contribution in [3.8, 4) is 0 Å². The van der Waals surface area contributed by atoms with Crippen LogP contribution in [0.4, 0.5) is 0 Å². The lowest BCUT2D eigenvalue weighted by Gasteiger charge is -2.15. The zero-order chi connectivity index (χ0) is 11.3. The van der Waals surface area contributed by atoms with Crippen LogP contribution in [0.25, 0.3) is 0 Å². The van der Waals surface area contributed by atoms with Gasteiger partial charge in [0, 0.05) is 6.04 Å². The van der Waals surface area contributed by atoms with Crippen LogP contribution in [0.3, 0.4) is 0 Å². The van der Waals surface area contributed by atoms with Gasteiger partial charge in [0.25, 0.3) is 0 Å². The van der Waals surface area contributed by atoms with E-state index in [1.165, 1.54) is 36.0 Å². The lowest BCUT2D eigenvalue weighted by Crippen LogP contribution is -2.12. The molecule has 1 unspecified atom stereocenters. The van der Waals surface area contributed by atoms with Crippen LogP contribution in [0.15, 0.2) is 18.2 Å². The van der Waals surface area contributed by atoms with Crippen LogP contribution < -0.4 is 5.73 Å². The fraction of sp³-hybridized carbons (Fsp3) is 0.571. The minimum absolute atomic E-state index is 0.219. The van der Waals surface area contributed by atoms with Gasteiger partial charge in [0.2, 0.25) is 0 Å². The van der Waals surface area contributed by atoms with Crippen molar-refractivity contribution in [3.05, 3.63) is 34.9 Å². The normalized spacial score (nSPS) is 12.8. The van der Waals surface area contributed by atoms with E-state index in [9.17, 15) is 0 Å². The summed E-state index contributed by atoms with van der Waals surface area (Å²) >= 11 is 0. The van der Waals surface area contributed by atoms with E-state index in [0.29, 0.717) is 0 Å². The third-order valence-corrected chi connectivity index (χ3v) is 3.16. The quantitative estimate of drug-likeness (QED) is 0.725. The maximum atomic E-state index is 6.21. The molecular weight excluding hydrogens is 182 g/mol. The molecule has 1 heteroatoms. The van der Waals surface area contributed by atoms with E-state index >= 15 is 0 Å². The molecule has 1 rings (SSSR count). The number of aryl methyl sites for hydroxylation is 1. The van der Waals surface area contributed by atoms with Crippen LogP contribution in [0.1, 0.15) is 55.3 Å². The Morgan fingerprint density at radius 3 is 2.60 bits per heavy atom. The fourth-order valence-electron chi connectivity index (χ4n) is 1.95. The molecule has 0 saturated carbocycles. The standard InChI is InChI=1S/C14H23N/c1-4-5-6-10-14(15)13-9-7-8-11(2)12(13)3/h7-9,14H,4-6,10,15H2,1-3H3. The topological polar surface area (TPSA) is 26.0 Å². The van der Waals surface area contributed by atoms with Crippen LogP contribution in [-0.4, -0.2) is 0 Å². The van der Waals surface area contributed by atoms with Gasteiger partial charge in [-0.15, -0.1) is 0 Å². The molecule has 0 radical (unpaired) electrons. The molecular formula is C14H23N. The first-order valence-electron chi connectivity index (χ1n) is 5.98. The van der Waals surface area contributed by atoms with Gasteiger partial charge in [-0.1, -0.05) is 44.4 Å². The summed E-state index contributed by atoms with van der Waals surface area (Å²) in [6, 6.07) is 6.64. The van der Waals surface area contributed by atoms with Crippen LogP contribution >= 0.6 is 0 Å². The Kier molecular flexibility index (Phi) is 4.83. The number of unbranched alkanes of at least 4 members (excludes halogenated alkanes) is 2. The molecule has 1 aromatic carbocycles. The Bertz CT molecular complexity index is 304. The van der Waals surface area contributed by atoms with Crippen LogP contribution in [0, 0.1) is 13.8 Å². The summed E-state index contributed by atoms with van der Waals surface area (Å²) in [6.07, 6.45) is 4.90. The number of rotatable bonds is 5. The van der Waals surface area contributed by atoms with E-state index in [0.717, 1.165) is 6.42 Å². The molecule has 1 nitrogen and oxygen atoms in total. The predicted octanol–water partition coefficient (Wildman–Crippen LogP) is 3.88. The average Bonchev–Trinajstić information content (AvgIpc) is 2.22. The highest BCUT2D eigenvalue weighted by molar-refractivity contribution is 5.35. The molecule has 0 amide bonds. The zero-order valence-corrected chi connectivity index (χ0v) is 10.2. The Morgan fingerprint density at radius 2 is 1.93 bits per heavy atom. The second kappa shape index (κ2) is 5.92. The summed E-state index contributed by atoms with van der Waals surface area (Å²) in [5.74, 6) is 0. The van der Waals surface area contributed by atoms with Crippen molar-refractivity contribution in [2.24, 2.45) is 5.73 Å². The molecule has 0 aliphatic carbocycles. The van der Waals surface area contributed by atoms with Gasteiger partial charge in [-0.2, -0.15) is 0 Å². The van der Waals surface area contributed by atoms with Crippen molar-refractivity contribution in [2.45, 2.75) is 52.5 Å². The number of hydrogen-bond donors (Lipinski definition) is 1. The van der Waals surface area contributed by atoms with Crippen LogP contribution in [0.2, 0.25) is 0 Å². The van der Waals surface area contributed by atoms with Gasteiger partial charge in [-0.05, 0) is 37.0 Å². The molecule has 0 bridgehead atoms. The van der Waals surface area contributed by atoms with Crippen molar-refractivity contribution in [1.82, 2.24) is 0 Å². The van der Waals surface area contributed by atoms with Gasteiger partial charge in [-0.3, -0.25) is 0 Å². The summed E-state index contributed by atoms with van der Waals surface area (Å²) < 4.78 is 0. The molecule has 0 heterocycles. The molecule has 15 heavy (non-hydrogen) atoms. The molecule has 0 spiro atoms. The third-order valence-electron chi connectivity index (χ3n) is 3.16. The summed E-state index contributed by atoms with van der Waals surface area (Å²) in [4.78, 5) is 0. The molecule has 0 saturated heterocycles. The van der Waals surface area contributed by atoms with Gasteiger partial charge >= 0.3 is 0 Å². The summed E-state index contributed by atoms with van der Waals surface area (Å²) in [6.45, 7) is 6.55. The summed E-state index contributed by atoms with van der Waals surface area (Å²) in [7, 11) is 0. The lowest BCUT2D eigenvalue weighted by atomic mass is 9.95. The summed E-state index contributed by atoms with van der Waals surface area (Å²) in [5, 5.41) is 0. The van der Waals surface area contributed by atoms with Gasteiger partial charge in [0.1, 0.15) is 0 Å².